The van der Waals surface area contributed by atoms with E-state index >= 15 is 0 Å². The normalized spacial score (nSPS) is 23.6. The molecule has 0 aromatic carbocycles. The summed E-state index contributed by atoms with van der Waals surface area (Å²) in [4.78, 5) is 12.4. The first-order valence-electron chi connectivity index (χ1n) is 9.77. The Hall–Kier alpha value is -2.02. The van der Waals surface area contributed by atoms with Crippen molar-refractivity contribution in [2.24, 2.45) is 5.92 Å². The molecule has 27 heavy (non-hydrogen) atoms. The van der Waals surface area contributed by atoms with Crippen molar-refractivity contribution in [2.75, 3.05) is 19.6 Å². The number of aromatic nitrogens is 3. The molecule has 0 aliphatic carbocycles. The maximum Gasteiger partial charge on any atom is 0.0749 e. The van der Waals surface area contributed by atoms with E-state index in [1.54, 1.807) is 0 Å². The summed E-state index contributed by atoms with van der Waals surface area (Å²) in [5.41, 5.74) is 2.44. The van der Waals surface area contributed by atoms with Gasteiger partial charge in [0.15, 0.2) is 0 Å². The van der Waals surface area contributed by atoms with Gasteiger partial charge in [0.2, 0.25) is 0 Å². The molecule has 0 saturated carbocycles. The number of thiophene rings is 1. The zero-order valence-corrected chi connectivity index (χ0v) is 16.2. The van der Waals surface area contributed by atoms with Crippen molar-refractivity contribution in [3.8, 4) is 10.6 Å². The summed E-state index contributed by atoms with van der Waals surface area (Å²) in [7, 11) is 0. The minimum Gasteiger partial charge on any atom is -0.297 e. The average molecular weight is 380 g/mol. The molecule has 2 bridgehead atoms. The van der Waals surface area contributed by atoms with Gasteiger partial charge in [-0.25, -0.2) is 0 Å². The highest BCUT2D eigenvalue weighted by atomic mass is 32.1. The molecule has 6 heteroatoms. The number of H-pyrrole nitrogens is 1. The highest BCUT2D eigenvalue weighted by Gasteiger charge is 2.34. The van der Waals surface area contributed by atoms with E-state index in [0.29, 0.717) is 6.04 Å². The highest BCUT2D eigenvalue weighted by molar-refractivity contribution is 7.15. The monoisotopic (exact) mass is 379 g/mol. The Morgan fingerprint density at radius 3 is 2.89 bits per heavy atom. The van der Waals surface area contributed by atoms with Crippen molar-refractivity contribution in [1.82, 2.24) is 25.0 Å². The molecule has 0 amide bonds. The zero-order valence-electron chi connectivity index (χ0n) is 15.4. The summed E-state index contributed by atoms with van der Waals surface area (Å²) >= 11 is 1.89. The summed E-state index contributed by atoms with van der Waals surface area (Å²) in [6.07, 6.45) is 8.38. The molecule has 5 nitrogen and oxygen atoms in total. The molecular weight excluding hydrogens is 354 g/mol. The number of nitrogens with one attached hydrogen (secondary N) is 1. The Labute approximate surface area is 164 Å². The lowest BCUT2D eigenvalue weighted by atomic mass is 9.95. The number of nitrogens with zero attached hydrogens (tertiary/aromatic N) is 4. The third-order valence-electron chi connectivity index (χ3n) is 5.82. The van der Waals surface area contributed by atoms with Gasteiger partial charge in [-0.15, -0.1) is 11.3 Å². The number of aromatic amines is 1. The van der Waals surface area contributed by atoms with E-state index < -0.39 is 0 Å². The number of hydrogen-bond acceptors (Lipinski definition) is 5. The maximum atomic E-state index is 4.28. The van der Waals surface area contributed by atoms with E-state index in [2.05, 4.69) is 43.2 Å². The molecule has 3 aromatic rings. The minimum absolute atomic E-state index is 0.665. The Morgan fingerprint density at radius 1 is 1.04 bits per heavy atom. The molecule has 3 aliphatic heterocycles. The quantitative estimate of drug-likeness (QED) is 0.735. The van der Waals surface area contributed by atoms with Crippen LogP contribution >= 0.6 is 11.3 Å². The van der Waals surface area contributed by atoms with Gasteiger partial charge < -0.3 is 0 Å². The molecule has 2 atom stereocenters. The van der Waals surface area contributed by atoms with E-state index in [0.717, 1.165) is 24.7 Å². The Kier molecular flexibility index (Phi) is 4.78. The van der Waals surface area contributed by atoms with E-state index in [-0.39, 0.29) is 0 Å². The van der Waals surface area contributed by atoms with E-state index in [1.807, 2.05) is 42.1 Å². The standard InChI is InChI=1S/C21H25N5S/c1-2-16(10-22-8-1)11-25-12-17-3-4-18(14-25)26(13-17)15-19-5-6-21(27-19)20-7-9-23-24-20/h1-2,5-10,17-18H,3-4,11-15H2,(H,23,24)/t17-,18+/m0/s1. The predicted molar refractivity (Wildman–Crippen MR) is 108 cm³/mol. The second-order valence-electron chi connectivity index (χ2n) is 7.82. The summed E-state index contributed by atoms with van der Waals surface area (Å²) in [5, 5.41) is 7.14. The fourth-order valence-corrected chi connectivity index (χ4v) is 5.56. The second kappa shape index (κ2) is 7.54. The van der Waals surface area contributed by atoms with Crippen LogP contribution in [0.15, 0.2) is 48.9 Å². The lowest BCUT2D eigenvalue weighted by molar-refractivity contribution is 0.124. The molecule has 3 aromatic heterocycles. The first-order valence-corrected chi connectivity index (χ1v) is 10.6. The van der Waals surface area contributed by atoms with Crippen molar-refractivity contribution in [1.29, 1.82) is 0 Å². The van der Waals surface area contributed by atoms with Gasteiger partial charge in [-0.05, 0) is 48.6 Å². The van der Waals surface area contributed by atoms with Gasteiger partial charge >= 0.3 is 0 Å². The van der Waals surface area contributed by atoms with Crippen molar-refractivity contribution < 1.29 is 0 Å². The van der Waals surface area contributed by atoms with Gasteiger partial charge in [0.05, 0.1) is 10.6 Å². The van der Waals surface area contributed by atoms with Gasteiger partial charge in [-0.3, -0.25) is 19.9 Å². The fourth-order valence-electron chi connectivity index (χ4n) is 4.55. The van der Waals surface area contributed by atoms with Crippen LogP contribution < -0.4 is 0 Å². The lowest BCUT2D eigenvalue weighted by Crippen LogP contribution is -2.43. The summed E-state index contributed by atoms with van der Waals surface area (Å²) < 4.78 is 0. The first-order chi connectivity index (χ1) is 13.3. The van der Waals surface area contributed by atoms with Crippen LogP contribution in [0.4, 0.5) is 0 Å². The highest BCUT2D eigenvalue weighted by Crippen LogP contribution is 2.32. The van der Waals surface area contributed by atoms with Gasteiger partial charge in [0.25, 0.3) is 0 Å². The van der Waals surface area contributed by atoms with Crippen LogP contribution in [-0.4, -0.2) is 50.7 Å². The number of rotatable bonds is 5. The molecule has 3 aliphatic rings. The Balaban J connectivity index is 1.26. The summed E-state index contributed by atoms with van der Waals surface area (Å²) in [5.74, 6) is 0.785. The fraction of sp³-hybridized carbons (Fsp3) is 0.429. The zero-order chi connectivity index (χ0) is 18.1. The first kappa shape index (κ1) is 17.1. The van der Waals surface area contributed by atoms with E-state index in [9.17, 15) is 0 Å². The average Bonchev–Trinajstić information content (AvgIpc) is 3.30. The smallest absolute Gasteiger partial charge is 0.0749 e. The lowest BCUT2D eigenvalue weighted by Gasteiger charge is -2.35. The summed E-state index contributed by atoms with van der Waals surface area (Å²) in [6.45, 7) is 5.71. The SMILES string of the molecule is c1cncc(CN2C[C@@H]3CC[C@H](C2)N(Cc2ccc(-c4ccn[nH]4)s2)C3)c1. The molecule has 0 unspecified atom stereocenters. The van der Waals surface area contributed by atoms with Gasteiger partial charge in [-0.1, -0.05) is 6.07 Å². The molecule has 3 saturated heterocycles. The molecule has 140 valence electrons. The largest absolute Gasteiger partial charge is 0.297 e. The van der Waals surface area contributed by atoms with Crippen molar-refractivity contribution in [3.05, 3.63) is 59.4 Å². The van der Waals surface area contributed by atoms with Crippen LogP contribution in [0.3, 0.4) is 0 Å². The molecule has 0 spiro atoms. The van der Waals surface area contributed by atoms with Gasteiger partial charge in [0, 0.05) is 62.2 Å². The van der Waals surface area contributed by atoms with Crippen molar-refractivity contribution in [2.45, 2.75) is 32.0 Å². The van der Waals surface area contributed by atoms with Crippen LogP contribution in [0.2, 0.25) is 0 Å². The Bertz CT molecular complexity index is 860. The van der Waals surface area contributed by atoms with Crippen LogP contribution in [0.25, 0.3) is 10.6 Å². The molecule has 1 N–H and O–H groups in total. The van der Waals surface area contributed by atoms with Crippen molar-refractivity contribution >= 4 is 11.3 Å². The van der Waals surface area contributed by atoms with Gasteiger partial charge in [-0.2, -0.15) is 5.10 Å². The van der Waals surface area contributed by atoms with Crippen LogP contribution in [0.1, 0.15) is 23.3 Å². The molecule has 6 rings (SSSR count). The van der Waals surface area contributed by atoms with Crippen LogP contribution in [0, 0.1) is 5.92 Å². The maximum absolute atomic E-state index is 4.28. The number of hydrogen-bond donors (Lipinski definition) is 1. The van der Waals surface area contributed by atoms with Crippen LogP contribution in [0.5, 0.6) is 0 Å². The third kappa shape index (κ3) is 3.83. The second-order valence-corrected chi connectivity index (χ2v) is 8.99. The number of piperidine rings is 1. The molecule has 6 heterocycles. The van der Waals surface area contributed by atoms with Crippen LogP contribution in [-0.2, 0) is 13.1 Å². The van der Waals surface area contributed by atoms with E-state index in [4.69, 9.17) is 0 Å². The predicted octanol–water partition coefficient (Wildman–Crippen LogP) is 3.63. The third-order valence-corrected chi connectivity index (χ3v) is 6.92. The summed E-state index contributed by atoms with van der Waals surface area (Å²) in [6, 6.07) is 11.4. The molecule has 0 radical (unpaired) electrons. The molecular formula is C21H25N5S. The molecule has 3 fully saturated rings. The number of pyridine rings is 1. The van der Waals surface area contributed by atoms with Crippen molar-refractivity contribution in [3.63, 3.8) is 0 Å². The number of fused-ring (bicyclic) bond motifs is 4. The minimum atomic E-state index is 0.665. The Morgan fingerprint density at radius 2 is 2.04 bits per heavy atom. The van der Waals surface area contributed by atoms with E-state index in [1.165, 1.54) is 47.8 Å². The topological polar surface area (TPSA) is 48.1 Å². The van der Waals surface area contributed by atoms with Gasteiger partial charge in [0.1, 0.15) is 0 Å².